The summed E-state index contributed by atoms with van der Waals surface area (Å²) in [6.07, 6.45) is 0. The second-order valence-electron chi connectivity index (χ2n) is 3.64. The first-order valence-electron chi connectivity index (χ1n) is 4.95. The molecule has 0 saturated carbocycles. The molecular formula is C13H11FO2. The summed E-state index contributed by atoms with van der Waals surface area (Å²) in [5, 5.41) is 0. The highest BCUT2D eigenvalue weighted by atomic mass is 19.1. The number of hydrogen-bond acceptors (Lipinski definition) is 2. The average Bonchev–Trinajstić information content (AvgIpc) is 2.61. The maximum absolute atomic E-state index is 12.7. The zero-order chi connectivity index (χ0) is 11.7. The van der Waals surface area contributed by atoms with Crippen LogP contribution in [0.5, 0.6) is 0 Å². The molecule has 16 heavy (non-hydrogen) atoms. The van der Waals surface area contributed by atoms with E-state index in [4.69, 9.17) is 4.42 Å². The molecule has 0 aliphatic rings. The maximum atomic E-state index is 12.7. The van der Waals surface area contributed by atoms with Gasteiger partial charge in [0.15, 0.2) is 5.78 Å². The van der Waals surface area contributed by atoms with Crippen LogP contribution in [0.3, 0.4) is 0 Å². The van der Waals surface area contributed by atoms with Crippen LogP contribution >= 0.6 is 0 Å². The molecule has 0 spiro atoms. The van der Waals surface area contributed by atoms with Gasteiger partial charge < -0.3 is 4.42 Å². The number of rotatable bonds is 2. The van der Waals surface area contributed by atoms with E-state index in [0.29, 0.717) is 17.1 Å². The number of benzene rings is 1. The molecule has 0 aliphatic heterocycles. The highest BCUT2D eigenvalue weighted by molar-refractivity contribution is 5.96. The number of carbonyl (C=O) groups is 1. The second kappa shape index (κ2) is 3.93. The summed E-state index contributed by atoms with van der Waals surface area (Å²) < 4.78 is 18.2. The van der Waals surface area contributed by atoms with Gasteiger partial charge in [-0.1, -0.05) is 0 Å². The SMILES string of the molecule is CC(=O)c1cc(-c2ccc(F)cc2)oc1C. The van der Waals surface area contributed by atoms with Gasteiger partial charge in [-0.2, -0.15) is 0 Å². The van der Waals surface area contributed by atoms with Crippen LogP contribution in [0.1, 0.15) is 23.0 Å². The van der Waals surface area contributed by atoms with Gasteiger partial charge in [0, 0.05) is 5.56 Å². The first kappa shape index (κ1) is 10.6. The van der Waals surface area contributed by atoms with Gasteiger partial charge in [0.2, 0.25) is 0 Å². The van der Waals surface area contributed by atoms with Gasteiger partial charge in [-0.05, 0) is 44.2 Å². The van der Waals surface area contributed by atoms with Crippen LogP contribution in [0.15, 0.2) is 34.7 Å². The van der Waals surface area contributed by atoms with Crippen molar-refractivity contribution in [3.63, 3.8) is 0 Å². The molecule has 0 amide bonds. The molecule has 0 N–H and O–H groups in total. The molecule has 2 nitrogen and oxygen atoms in total. The number of ketones is 1. The lowest BCUT2D eigenvalue weighted by atomic mass is 10.1. The van der Waals surface area contributed by atoms with Gasteiger partial charge in [0.05, 0.1) is 5.56 Å². The zero-order valence-electron chi connectivity index (χ0n) is 9.08. The van der Waals surface area contributed by atoms with Gasteiger partial charge in [0.25, 0.3) is 0 Å². The maximum Gasteiger partial charge on any atom is 0.163 e. The fourth-order valence-corrected chi connectivity index (χ4v) is 1.59. The lowest BCUT2D eigenvalue weighted by Crippen LogP contribution is -1.90. The Kier molecular flexibility index (Phi) is 2.60. The average molecular weight is 218 g/mol. The van der Waals surface area contributed by atoms with Crippen molar-refractivity contribution < 1.29 is 13.6 Å². The Morgan fingerprint density at radius 2 is 1.88 bits per heavy atom. The van der Waals surface area contributed by atoms with Gasteiger partial charge in [-0.25, -0.2) is 4.39 Å². The van der Waals surface area contributed by atoms with Gasteiger partial charge in [0.1, 0.15) is 17.3 Å². The van der Waals surface area contributed by atoms with E-state index < -0.39 is 0 Å². The molecule has 0 bridgehead atoms. The molecule has 3 heteroatoms. The second-order valence-corrected chi connectivity index (χ2v) is 3.64. The monoisotopic (exact) mass is 218 g/mol. The molecule has 82 valence electrons. The van der Waals surface area contributed by atoms with Crippen LogP contribution in [0.25, 0.3) is 11.3 Å². The third kappa shape index (κ3) is 1.89. The molecule has 2 rings (SSSR count). The van der Waals surface area contributed by atoms with Crippen molar-refractivity contribution >= 4 is 5.78 Å². The van der Waals surface area contributed by atoms with E-state index >= 15 is 0 Å². The Hall–Kier alpha value is -1.90. The number of halogens is 1. The van der Waals surface area contributed by atoms with Crippen molar-refractivity contribution in [3.8, 4) is 11.3 Å². The molecule has 0 saturated heterocycles. The van der Waals surface area contributed by atoms with Gasteiger partial charge in [-0.15, -0.1) is 0 Å². The summed E-state index contributed by atoms with van der Waals surface area (Å²) in [7, 11) is 0. The minimum absolute atomic E-state index is 0.0328. The Bertz CT molecular complexity index is 523. The summed E-state index contributed by atoms with van der Waals surface area (Å²) in [6.45, 7) is 3.23. The smallest absolute Gasteiger partial charge is 0.163 e. The summed E-state index contributed by atoms with van der Waals surface area (Å²) in [4.78, 5) is 11.2. The number of hydrogen-bond donors (Lipinski definition) is 0. The van der Waals surface area contributed by atoms with Crippen molar-refractivity contribution in [2.45, 2.75) is 13.8 Å². The summed E-state index contributed by atoms with van der Waals surface area (Å²) in [5.74, 6) is 0.850. The molecule has 0 aliphatic carbocycles. The molecule has 0 unspecified atom stereocenters. The van der Waals surface area contributed by atoms with Crippen molar-refractivity contribution in [3.05, 3.63) is 47.5 Å². The third-order valence-corrected chi connectivity index (χ3v) is 2.43. The molecule has 1 aromatic carbocycles. The van der Waals surface area contributed by atoms with Crippen LogP contribution in [0.2, 0.25) is 0 Å². The fraction of sp³-hybridized carbons (Fsp3) is 0.154. The predicted octanol–water partition coefficient (Wildman–Crippen LogP) is 3.60. The first-order chi connectivity index (χ1) is 7.58. The number of Topliss-reactive ketones (excluding diaryl/α,β-unsaturated/α-hetero) is 1. The van der Waals surface area contributed by atoms with E-state index in [1.165, 1.54) is 19.1 Å². The summed E-state index contributed by atoms with van der Waals surface area (Å²) in [5.41, 5.74) is 1.33. The Labute approximate surface area is 92.7 Å². The van der Waals surface area contributed by atoms with Crippen LogP contribution in [0.4, 0.5) is 4.39 Å². The Balaban J connectivity index is 2.45. The normalized spacial score (nSPS) is 10.4. The Morgan fingerprint density at radius 3 is 2.38 bits per heavy atom. The van der Waals surface area contributed by atoms with Crippen LogP contribution in [-0.4, -0.2) is 5.78 Å². The van der Waals surface area contributed by atoms with E-state index in [0.717, 1.165) is 5.56 Å². The van der Waals surface area contributed by atoms with Crippen molar-refractivity contribution in [1.82, 2.24) is 0 Å². The van der Waals surface area contributed by atoms with Crippen LogP contribution in [0, 0.1) is 12.7 Å². The largest absolute Gasteiger partial charge is 0.461 e. The molecule has 2 aromatic rings. The topological polar surface area (TPSA) is 30.2 Å². The van der Waals surface area contributed by atoms with E-state index in [-0.39, 0.29) is 11.6 Å². The summed E-state index contributed by atoms with van der Waals surface area (Å²) >= 11 is 0. The lowest BCUT2D eigenvalue weighted by molar-refractivity contribution is 0.101. The number of aryl methyl sites for hydroxylation is 1. The lowest BCUT2D eigenvalue weighted by Gasteiger charge is -1.95. The highest BCUT2D eigenvalue weighted by Gasteiger charge is 2.12. The Morgan fingerprint density at radius 1 is 1.25 bits per heavy atom. The minimum atomic E-state index is -0.293. The predicted molar refractivity (Wildman–Crippen MR) is 58.8 cm³/mol. The molecule has 1 heterocycles. The highest BCUT2D eigenvalue weighted by Crippen LogP contribution is 2.25. The number of carbonyl (C=O) groups excluding carboxylic acids is 1. The fourth-order valence-electron chi connectivity index (χ4n) is 1.59. The summed E-state index contributed by atoms with van der Waals surface area (Å²) in [6, 6.07) is 7.65. The van der Waals surface area contributed by atoms with Crippen LogP contribution in [-0.2, 0) is 0 Å². The minimum Gasteiger partial charge on any atom is -0.461 e. The van der Waals surface area contributed by atoms with Crippen LogP contribution < -0.4 is 0 Å². The quantitative estimate of drug-likeness (QED) is 0.721. The van der Waals surface area contributed by atoms with Crippen molar-refractivity contribution in [1.29, 1.82) is 0 Å². The van der Waals surface area contributed by atoms with Gasteiger partial charge in [-0.3, -0.25) is 4.79 Å². The first-order valence-corrected chi connectivity index (χ1v) is 4.95. The molecule has 0 radical (unpaired) electrons. The molecular weight excluding hydrogens is 207 g/mol. The number of furan rings is 1. The van der Waals surface area contributed by atoms with Gasteiger partial charge >= 0.3 is 0 Å². The van der Waals surface area contributed by atoms with E-state index in [2.05, 4.69) is 0 Å². The zero-order valence-corrected chi connectivity index (χ0v) is 9.08. The van der Waals surface area contributed by atoms with Crippen molar-refractivity contribution in [2.75, 3.05) is 0 Å². The van der Waals surface area contributed by atoms with E-state index in [1.807, 2.05) is 0 Å². The van der Waals surface area contributed by atoms with Crippen molar-refractivity contribution in [2.24, 2.45) is 0 Å². The third-order valence-electron chi connectivity index (χ3n) is 2.43. The standard InChI is InChI=1S/C13H11FO2/c1-8(15)12-7-13(16-9(12)2)10-3-5-11(14)6-4-10/h3-7H,1-2H3. The molecule has 0 fully saturated rings. The van der Waals surface area contributed by atoms with E-state index in [1.54, 1.807) is 25.1 Å². The molecule has 0 atom stereocenters. The van der Waals surface area contributed by atoms with E-state index in [9.17, 15) is 9.18 Å². The molecule has 1 aromatic heterocycles.